The highest BCUT2D eigenvalue weighted by Crippen LogP contribution is 2.28. The fraction of sp³-hybridized carbons (Fsp3) is 0.211. The monoisotopic (exact) mass is 415 g/mol. The third-order valence-electron chi connectivity index (χ3n) is 4.28. The lowest BCUT2D eigenvalue weighted by atomic mass is 10.1. The molecule has 0 saturated carbocycles. The Labute approximate surface area is 168 Å². The number of carbonyl (C=O) groups is 1. The van der Waals surface area contributed by atoms with E-state index in [-0.39, 0.29) is 34.7 Å². The van der Waals surface area contributed by atoms with Gasteiger partial charge in [-0.15, -0.1) is 4.40 Å². The number of rotatable bonds is 5. The number of nitrogens with zero attached hydrogens (tertiary/aromatic N) is 2. The molecule has 2 aromatic rings. The molecule has 10 heteroatoms. The summed E-state index contributed by atoms with van der Waals surface area (Å²) in [6.45, 7) is 1.94. The second kappa shape index (κ2) is 8.31. The molecular formula is C19H21N5O4S. The number of amides is 1. The van der Waals surface area contributed by atoms with E-state index in [0.717, 1.165) is 5.56 Å². The van der Waals surface area contributed by atoms with Gasteiger partial charge in [0.2, 0.25) is 0 Å². The molecular weight excluding hydrogens is 394 g/mol. The van der Waals surface area contributed by atoms with Gasteiger partial charge in [-0.1, -0.05) is 43.3 Å². The van der Waals surface area contributed by atoms with Crippen LogP contribution in [0, 0.1) is 0 Å². The van der Waals surface area contributed by atoms with Crippen LogP contribution in [0.25, 0.3) is 0 Å². The van der Waals surface area contributed by atoms with E-state index in [1.54, 1.807) is 6.07 Å². The number of anilines is 1. The van der Waals surface area contributed by atoms with Gasteiger partial charge in [-0.2, -0.15) is 8.42 Å². The van der Waals surface area contributed by atoms with Gasteiger partial charge in [-0.25, -0.2) is 4.72 Å². The molecule has 152 valence electrons. The van der Waals surface area contributed by atoms with Gasteiger partial charge < -0.3 is 15.7 Å². The second-order valence-corrected chi connectivity index (χ2v) is 7.57. The number of phenolic OH excluding ortho intramolecular Hbond substituents is 1. The number of phenols is 1. The number of para-hydroxylation sites is 1. The van der Waals surface area contributed by atoms with Crippen molar-refractivity contribution in [2.45, 2.75) is 19.4 Å². The summed E-state index contributed by atoms with van der Waals surface area (Å²) in [5.74, 6) is -0.836. The molecule has 1 aliphatic heterocycles. The SMILES string of the molecule is CCC(N=C1NS(=O)(=O)N=C1Nc1cccc(C(=O)NC)c1O)c1ccccc1. The first-order valence-corrected chi connectivity index (χ1v) is 10.4. The molecule has 9 nitrogen and oxygen atoms in total. The maximum atomic E-state index is 12.0. The number of nitrogens with one attached hydrogen (secondary N) is 3. The fourth-order valence-corrected chi connectivity index (χ4v) is 3.66. The van der Waals surface area contributed by atoms with Crippen LogP contribution in [0.5, 0.6) is 5.75 Å². The third kappa shape index (κ3) is 4.54. The minimum atomic E-state index is -3.96. The molecule has 0 spiro atoms. The number of aromatic hydroxyl groups is 1. The van der Waals surface area contributed by atoms with Gasteiger partial charge in [-0.3, -0.25) is 9.79 Å². The predicted octanol–water partition coefficient (Wildman–Crippen LogP) is 1.96. The van der Waals surface area contributed by atoms with Crippen molar-refractivity contribution in [3.63, 3.8) is 0 Å². The number of hydrogen-bond donors (Lipinski definition) is 4. The first kappa shape index (κ1) is 20.3. The molecule has 0 fully saturated rings. The zero-order valence-electron chi connectivity index (χ0n) is 15.9. The summed E-state index contributed by atoms with van der Waals surface area (Å²) in [5.41, 5.74) is 1.10. The van der Waals surface area contributed by atoms with Gasteiger partial charge in [0.1, 0.15) is 0 Å². The van der Waals surface area contributed by atoms with Crippen LogP contribution < -0.4 is 15.4 Å². The maximum absolute atomic E-state index is 12.0. The minimum Gasteiger partial charge on any atom is -0.505 e. The molecule has 0 saturated heterocycles. The Hall–Kier alpha value is -3.40. The van der Waals surface area contributed by atoms with Crippen molar-refractivity contribution in [1.29, 1.82) is 0 Å². The Morgan fingerprint density at radius 2 is 1.93 bits per heavy atom. The quantitative estimate of drug-likeness (QED) is 0.554. The van der Waals surface area contributed by atoms with E-state index in [0.29, 0.717) is 6.42 Å². The standard InChI is InChI=1S/C19H21N5O4S/c1-3-14(12-8-5-4-6-9-12)21-17-18(24-29(27,28)23-17)22-15-11-7-10-13(16(15)25)19(26)20-2/h4-11,14,25H,3H2,1-2H3,(H,20,26)(H,21,23)(H,22,24). The second-order valence-electron chi connectivity index (χ2n) is 6.24. The normalized spacial score (nSPS) is 17.3. The van der Waals surface area contributed by atoms with Crippen LogP contribution in [-0.4, -0.2) is 38.2 Å². The van der Waals surface area contributed by atoms with Crippen LogP contribution >= 0.6 is 0 Å². The fourth-order valence-electron chi connectivity index (χ4n) is 2.85. The minimum absolute atomic E-state index is 0.0328. The summed E-state index contributed by atoms with van der Waals surface area (Å²) in [7, 11) is -2.52. The molecule has 0 radical (unpaired) electrons. The van der Waals surface area contributed by atoms with Crippen molar-refractivity contribution in [2.24, 2.45) is 9.39 Å². The van der Waals surface area contributed by atoms with Gasteiger partial charge in [0, 0.05) is 7.05 Å². The highest BCUT2D eigenvalue weighted by Gasteiger charge is 2.28. The number of benzene rings is 2. The lowest BCUT2D eigenvalue weighted by Gasteiger charge is -2.14. The summed E-state index contributed by atoms with van der Waals surface area (Å²) in [5, 5.41) is 15.6. The van der Waals surface area contributed by atoms with Gasteiger partial charge in [0.15, 0.2) is 17.4 Å². The number of hydrogen-bond acceptors (Lipinski definition) is 6. The molecule has 1 amide bonds. The van der Waals surface area contributed by atoms with E-state index in [1.165, 1.54) is 19.2 Å². The molecule has 1 unspecified atom stereocenters. The topological polar surface area (TPSA) is 132 Å². The predicted molar refractivity (Wildman–Crippen MR) is 112 cm³/mol. The Morgan fingerprint density at radius 1 is 1.21 bits per heavy atom. The van der Waals surface area contributed by atoms with Crippen LogP contribution in [-0.2, 0) is 10.2 Å². The lowest BCUT2D eigenvalue weighted by Crippen LogP contribution is -2.31. The molecule has 0 bridgehead atoms. The summed E-state index contributed by atoms with van der Waals surface area (Å²) in [6, 6.07) is 13.7. The van der Waals surface area contributed by atoms with Gasteiger partial charge in [0.25, 0.3) is 5.91 Å². The van der Waals surface area contributed by atoms with Gasteiger partial charge in [0.05, 0.1) is 17.3 Å². The number of carbonyl (C=O) groups excluding carboxylic acids is 1. The zero-order valence-corrected chi connectivity index (χ0v) is 16.7. The molecule has 3 rings (SSSR count). The maximum Gasteiger partial charge on any atom is 0.345 e. The molecule has 1 atom stereocenters. The van der Waals surface area contributed by atoms with Crippen LogP contribution in [0.2, 0.25) is 0 Å². The third-order valence-corrected chi connectivity index (χ3v) is 5.15. The van der Waals surface area contributed by atoms with Crippen molar-refractivity contribution < 1.29 is 18.3 Å². The molecule has 29 heavy (non-hydrogen) atoms. The molecule has 0 aromatic heterocycles. The zero-order chi connectivity index (χ0) is 21.0. The highest BCUT2D eigenvalue weighted by molar-refractivity contribution is 7.89. The van der Waals surface area contributed by atoms with Crippen molar-refractivity contribution in [2.75, 3.05) is 12.4 Å². The Morgan fingerprint density at radius 3 is 2.59 bits per heavy atom. The van der Waals surface area contributed by atoms with Crippen LogP contribution in [0.1, 0.15) is 35.3 Å². The van der Waals surface area contributed by atoms with E-state index >= 15 is 0 Å². The summed E-state index contributed by atoms with van der Waals surface area (Å²) in [4.78, 5) is 16.4. The Balaban J connectivity index is 1.96. The van der Waals surface area contributed by atoms with Crippen LogP contribution in [0.4, 0.5) is 5.69 Å². The first-order chi connectivity index (χ1) is 13.8. The van der Waals surface area contributed by atoms with E-state index in [1.807, 2.05) is 37.3 Å². The molecule has 2 aromatic carbocycles. The van der Waals surface area contributed by atoms with Crippen molar-refractivity contribution >= 4 is 33.5 Å². The largest absolute Gasteiger partial charge is 0.505 e. The van der Waals surface area contributed by atoms with Gasteiger partial charge in [-0.05, 0) is 24.1 Å². The molecule has 1 aliphatic rings. The Bertz CT molecular complexity index is 1080. The van der Waals surface area contributed by atoms with E-state index in [4.69, 9.17) is 0 Å². The summed E-state index contributed by atoms with van der Waals surface area (Å²) in [6.07, 6.45) is 0.639. The number of aliphatic imine (C=N–C) groups is 1. The van der Waals surface area contributed by atoms with Crippen molar-refractivity contribution in [3.05, 3.63) is 59.7 Å². The summed E-state index contributed by atoms with van der Waals surface area (Å²) < 4.78 is 30.0. The van der Waals surface area contributed by atoms with E-state index in [2.05, 4.69) is 24.7 Å². The Kier molecular flexibility index (Phi) is 5.83. The number of amidine groups is 2. The molecule has 1 heterocycles. The first-order valence-electron chi connectivity index (χ1n) is 8.91. The average molecular weight is 415 g/mol. The van der Waals surface area contributed by atoms with Crippen LogP contribution in [0.15, 0.2) is 57.9 Å². The summed E-state index contributed by atoms with van der Waals surface area (Å²) >= 11 is 0. The lowest BCUT2D eigenvalue weighted by molar-refractivity contribution is 0.0960. The van der Waals surface area contributed by atoms with Crippen molar-refractivity contribution in [1.82, 2.24) is 10.0 Å². The van der Waals surface area contributed by atoms with Gasteiger partial charge >= 0.3 is 10.2 Å². The molecule has 0 aliphatic carbocycles. The van der Waals surface area contributed by atoms with E-state index < -0.39 is 16.1 Å². The van der Waals surface area contributed by atoms with Crippen LogP contribution in [0.3, 0.4) is 0 Å². The van der Waals surface area contributed by atoms with E-state index in [9.17, 15) is 18.3 Å². The smallest absolute Gasteiger partial charge is 0.345 e. The highest BCUT2D eigenvalue weighted by atomic mass is 32.2. The average Bonchev–Trinajstić information content (AvgIpc) is 3.00. The molecule has 4 N–H and O–H groups in total. The van der Waals surface area contributed by atoms with Crippen molar-refractivity contribution in [3.8, 4) is 5.75 Å².